The van der Waals surface area contributed by atoms with E-state index in [0.29, 0.717) is 42.0 Å². The van der Waals surface area contributed by atoms with Gasteiger partial charge in [-0.1, -0.05) is 0 Å². The first kappa shape index (κ1) is 18.1. The molecule has 9 heteroatoms. The van der Waals surface area contributed by atoms with Crippen LogP contribution in [0.15, 0.2) is 46.2 Å². The van der Waals surface area contributed by atoms with Crippen LogP contribution in [0.2, 0.25) is 0 Å². The Kier molecular flexibility index (Phi) is 4.52. The van der Waals surface area contributed by atoms with Gasteiger partial charge in [-0.25, -0.2) is 9.78 Å². The molecule has 1 saturated heterocycles. The summed E-state index contributed by atoms with van der Waals surface area (Å²) >= 11 is 0. The highest BCUT2D eigenvalue weighted by molar-refractivity contribution is 5.94. The van der Waals surface area contributed by atoms with Crippen LogP contribution in [-0.2, 0) is 18.8 Å². The Morgan fingerprint density at radius 2 is 2.00 bits per heavy atom. The zero-order valence-corrected chi connectivity index (χ0v) is 15.5. The van der Waals surface area contributed by atoms with Gasteiger partial charge in [-0.05, 0) is 24.3 Å². The molecule has 144 valence electrons. The molecule has 0 aliphatic carbocycles. The lowest BCUT2D eigenvalue weighted by atomic mass is 10.1. The maximum atomic E-state index is 12.7. The van der Waals surface area contributed by atoms with Crippen LogP contribution in [0.1, 0.15) is 22.2 Å². The molecule has 1 unspecified atom stereocenters. The van der Waals surface area contributed by atoms with Gasteiger partial charge in [0, 0.05) is 33.0 Å². The topological polar surface area (TPSA) is 99.3 Å². The molecule has 28 heavy (non-hydrogen) atoms. The average Bonchev–Trinajstić information content (AvgIpc) is 2.76. The van der Waals surface area contributed by atoms with Gasteiger partial charge in [0.1, 0.15) is 11.8 Å². The summed E-state index contributed by atoms with van der Waals surface area (Å²) in [6.07, 6.45) is 2.71. The van der Waals surface area contributed by atoms with Crippen LogP contribution in [0, 0.1) is 0 Å². The third-order valence-corrected chi connectivity index (χ3v) is 4.92. The lowest BCUT2D eigenvalue weighted by Gasteiger charge is -2.32. The number of hydrogen-bond acceptors (Lipinski definition) is 6. The number of amides is 1. The molecule has 4 rings (SSSR count). The summed E-state index contributed by atoms with van der Waals surface area (Å²) in [5.41, 5.74) is 0.542. The standard InChI is InChI=1S/C19H19N5O4/c1-22-16-13(18(26)23(2)19(22)27)5-6-14(21-16)15-11-24(8-9-28-15)17(25)12-4-3-7-20-10-12/h3-7,10,15H,8-9,11H2,1-2H3. The number of carbonyl (C=O) groups is 1. The lowest BCUT2D eigenvalue weighted by Crippen LogP contribution is -2.42. The number of fused-ring (bicyclic) bond motifs is 1. The van der Waals surface area contributed by atoms with E-state index in [2.05, 4.69) is 9.97 Å². The summed E-state index contributed by atoms with van der Waals surface area (Å²) in [6.45, 7) is 1.16. The van der Waals surface area contributed by atoms with Gasteiger partial charge < -0.3 is 9.64 Å². The van der Waals surface area contributed by atoms with Crippen LogP contribution in [0.5, 0.6) is 0 Å². The number of morpholine rings is 1. The van der Waals surface area contributed by atoms with E-state index in [4.69, 9.17) is 4.74 Å². The quantitative estimate of drug-likeness (QED) is 0.631. The molecule has 0 radical (unpaired) electrons. The third-order valence-electron chi connectivity index (χ3n) is 4.92. The molecule has 1 aliphatic rings. The maximum absolute atomic E-state index is 12.7. The molecular weight excluding hydrogens is 362 g/mol. The highest BCUT2D eigenvalue weighted by Gasteiger charge is 2.27. The molecule has 0 bridgehead atoms. The summed E-state index contributed by atoms with van der Waals surface area (Å²) in [6, 6.07) is 6.79. The van der Waals surface area contributed by atoms with Crippen molar-refractivity contribution < 1.29 is 9.53 Å². The molecule has 4 heterocycles. The van der Waals surface area contributed by atoms with Crippen LogP contribution in [0.25, 0.3) is 11.0 Å². The molecule has 3 aromatic heterocycles. The molecule has 9 nitrogen and oxygen atoms in total. The van der Waals surface area contributed by atoms with E-state index in [1.807, 2.05) is 0 Å². The molecule has 0 aromatic carbocycles. The van der Waals surface area contributed by atoms with Gasteiger partial charge in [-0.2, -0.15) is 0 Å². The minimum atomic E-state index is -0.446. The molecular formula is C19H19N5O4. The van der Waals surface area contributed by atoms with E-state index in [9.17, 15) is 14.4 Å². The van der Waals surface area contributed by atoms with Crippen molar-refractivity contribution in [2.45, 2.75) is 6.10 Å². The van der Waals surface area contributed by atoms with E-state index in [0.717, 1.165) is 4.57 Å². The highest BCUT2D eigenvalue weighted by Crippen LogP contribution is 2.23. The van der Waals surface area contributed by atoms with Crippen LogP contribution in [-0.4, -0.2) is 49.6 Å². The van der Waals surface area contributed by atoms with E-state index >= 15 is 0 Å². The number of aryl methyl sites for hydroxylation is 1. The summed E-state index contributed by atoms with van der Waals surface area (Å²) < 4.78 is 8.20. The number of aromatic nitrogens is 4. The number of carbonyl (C=O) groups excluding carboxylic acids is 1. The van der Waals surface area contributed by atoms with Gasteiger partial charge in [-0.15, -0.1) is 0 Å². The molecule has 0 saturated carbocycles. The van der Waals surface area contributed by atoms with E-state index < -0.39 is 17.4 Å². The fourth-order valence-electron chi connectivity index (χ4n) is 3.33. The summed E-state index contributed by atoms with van der Waals surface area (Å²) in [5.74, 6) is -0.122. The predicted octanol–water partition coefficient (Wildman–Crippen LogP) is 0.241. The molecule has 1 amide bonds. The zero-order chi connectivity index (χ0) is 19.8. The van der Waals surface area contributed by atoms with Crippen molar-refractivity contribution in [1.82, 2.24) is 24.0 Å². The van der Waals surface area contributed by atoms with Crippen molar-refractivity contribution in [2.75, 3.05) is 19.7 Å². The smallest absolute Gasteiger partial charge is 0.332 e. The number of hydrogen-bond donors (Lipinski definition) is 0. The highest BCUT2D eigenvalue weighted by atomic mass is 16.5. The Bertz CT molecular complexity index is 1170. The van der Waals surface area contributed by atoms with Crippen LogP contribution in [0.3, 0.4) is 0 Å². The Morgan fingerprint density at radius 3 is 2.75 bits per heavy atom. The number of rotatable bonds is 2. The molecule has 1 fully saturated rings. The van der Waals surface area contributed by atoms with Crippen molar-refractivity contribution in [2.24, 2.45) is 14.1 Å². The van der Waals surface area contributed by atoms with E-state index in [1.54, 1.807) is 42.4 Å². The summed E-state index contributed by atoms with van der Waals surface area (Å²) in [4.78, 5) is 47.4. The predicted molar refractivity (Wildman–Crippen MR) is 101 cm³/mol. The second kappa shape index (κ2) is 7.01. The largest absolute Gasteiger partial charge is 0.368 e. The Labute approximate surface area is 159 Å². The van der Waals surface area contributed by atoms with Gasteiger partial charge in [0.15, 0.2) is 0 Å². The Balaban J connectivity index is 1.67. The summed E-state index contributed by atoms with van der Waals surface area (Å²) in [5, 5.41) is 0.354. The third kappa shape index (κ3) is 2.99. The van der Waals surface area contributed by atoms with Crippen molar-refractivity contribution in [3.8, 4) is 0 Å². The van der Waals surface area contributed by atoms with Gasteiger partial charge in [0.05, 0.1) is 29.8 Å². The fourth-order valence-corrected chi connectivity index (χ4v) is 3.33. The summed E-state index contributed by atoms with van der Waals surface area (Å²) in [7, 11) is 3.00. The van der Waals surface area contributed by atoms with Crippen LogP contribution < -0.4 is 11.2 Å². The first-order chi connectivity index (χ1) is 13.5. The molecule has 0 spiro atoms. The second-order valence-electron chi connectivity index (χ2n) is 6.67. The van der Waals surface area contributed by atoms with Gasteiger partial charge in [0.2, 0.25) is 0 Å². The normalized spacial score (nSPS) is 17.1. The second-order valence-corrected chi connectivity index (χ2v) is 6.67. The number of nitrogens with zero attached hydrogens (tertiary/aromatic N) is 5. The zero-order valence-electron chi connectivity index (χ0n) is 15.5. The first-order valence-electron chi connectivity index (χ1n) is 8.85. The monoisotopic (exact) mass is 381 g/mol. The lowest BCUT2D eigenvalue weighted by molar-refractivity contribution is -0.0246. The Hall–Kier alpha value is -3.33. The first-order valence-corrected chi connectivity index (χ1v) is 8.85. The van der Waals surface area contributed by atoms with Gasteiger partial charge >= 0.3 is 5.69 Å². The van der Waals surface area contributed by atoms with Crippen LogP contribution in [0.4, 0.5) is 0 Å². The number of ether oxygens (including phenoxy) is 1. The molecule has 3 aromatic rings. The minimum absolute atomic E-state index is 0.122. The maximum Gasteiger partial charge on any atom is 0.332 e. The molecule has 1 atom stereocenters. The molecule has 1 aliphatic heterocycles. The Morgan fingerprint density at radius 1 is 1.18 bits per heavy atom. The number of pyridine rings is 2. The van der Waals surface area contributed by atoms with Gasteiger partial charge in [-0.3, -0.25) is 23.7 Å². The van der Waals surface area contributed by atoms with Crippen molar-refractivity contribution in [3.05, 3.63) is 68.8 Å². The van der Waals surface area contributed by atoms with Crippen molar-refractivity contribution >= 4 is 16.9 Å². The minimum Gasteiger partial charge on any atom is -0.368 e. The van der Waals surface area contributed by atoms with Crippen molar-refractivity contribution in [3.63, 3.8) is 0 Å². The van der Waals surface area contributed by atoms with Gasteiger partial charge in [0.25, 0.3) is 11.5 Å². The SMILES string of the molecule is Cn1c(=O)c2ccc(C3CN(C(=O)c4cccnc4)CCO3)nc2n(C)c1=O. The van der Waals surface area contributed by atoms with E-state index in [1.165, 1.54) is 17.8 Å². The van der Waals surface area contributed by atoms with Crippen LogP contribution >= 0.6 is 0 Å². The fraction of sp³-hybridized carbons (Fsp3) is 0.316. The van der Waals surface area contributed by atoms with E-state index in [-0.39, 0.29) is 5.91 Å². The average molecular weight is 381 g/mol. The molecule has 0 N–H and O–H groups in total. The van der Waals surface area contributed by atoms with Crippen molar-refractivity contribution in [1.29, 1.82) is 0 Å².